The molecular formula is C25H27F2N3O2S. The zero-order valence-corrected chi connectivity index (χ0v) is 19.4. The first-order valence-electron chi connectivity index (χ1n) is 11.5. The van der Waals surface area contributed by atoms with Gasteiger partial charge in [0.25, 0.3) is 5.91 Å². The van der Waals surface area contributed by atoms with Gasteiger partial charge < -0.3 is 10.2 Å². The van der Waals surface area contributed by atoms with Crippen LogP contribution in [0, 0.1) is 18.6 Å². The monoisotopic (exact) mass is 471 g/mol. The van der Waals surface area contributed by atoms with E-state index in [1.54, 1.807) is 9.80 Å². The highest BCUT2D eigenvalue weighted by Crippen LogP contribution is 2.54. The third kappa shape index (κ3) is 3.78. The molecule has 2 aliphatic heterocycles. The van der Waals surface area contributed by atoms with E-state index in [4.69, 9.17) is 0 Å². The third-order valence-corrected chi connectivity index (χ3v) is 8.27. The number of nitrogens with one attached hydrogen (secondary N) is 1. The van der Waals surface area contributed by atoms with Gasteiger partial charge in [-0.1, -0.05) is 43.0 Å². The van der Waals surface area contributed by atoms with Gasteiger partial charge in [0, 0.05) is 23.9 Å². The van der Waals surface area contributed by atoms with Crippen molar-refractivity contribution in [2.45, 2.75) is 56.5 Å². The molecule has 0 unspecified atom stereocenters. The quantitative estimate of drug-likeness (QED) is 0.681. The standard InChI is InChI=1S/C25H27F2N3O2S/c1-16-7-10-22-19(13-16)25(23(31)29(22)15-17-8-9-20(26)21(27)14-17)30(11-12-33-25)24(32)28-18-5-3-2-4-6-18/h7-10,13-14,18H,2-6,11-12,15H2,1H3,(H,28,32)/t25-/m0/s1. The Hall–Kier alpha value is -2.61. The number of hydrogen-bond acceptors (Lipinski definition) is 3. The molecular weight excluding hydrogens is 444 g/mol. The van der Waals surface area contributed by atoms with Gasteiger partial charge in [0.2, 0.25) is 0 Å². The summed E-state index contributed by atoms with van der Waals surface area (Å²) in [5.74, 6) is -1.43. The lowest BCUT2D eigenvalue weighted by Gasteiger charge is -2.35. The van der Waals surface area contributed by atoms with Crippen LogP contribution >= 0.6 is 11.8 Å². The van der Waals surface area contributed by atoms with Crippen molar-refractivity contribution in [2.75, 3.05) is 17.2 Å². The SMILES string of the molecule is Cc1ccc2c(c1)[C@]1(SCCN1C(=O)NC1CCCCC1)C(=O)N2Cc1ccc(F)c(F)c1. The van der Waals surface area contributed by atoms with Crippen LogP contribution in [0.3, 0.4) is 0 Å². The molecule has 1 saturated carbocycles. The Morgan fingerprint density at radius 2 is 1.91 bits per heavy atom. The molecule has 1 aliphatic carbocycles. The zero-order chi connectivity index (χ0) is 23.2. The second kappa shape index (κ2) is 8.63. The number of thioether (sulfide) groups is 1. The maximum atomic E-state index is 14.0. The summed E-state index contributed by atoms with van der Waals surface area (Å²) in [7, 11) is 0. The summed E-state index contributed by atoms with van der Waals surface area (Å²) < 4.78 is 27.3. The first-order chi connectivity index (χ1) is 15.9. The number of amides is 3. The lowest BCUT2D eigenvalue weighted by molar-refractivity contribution is -0.123. The lowest BCUT2D eigenvalue weighted by atomic mass is 9.95. The van der Waals surface area contributed by atoms with Crippen LogP contribution in [0.1, 0.15) is 48.8 Å². The van der Waals surface area contributed by atoms with Crippen molar-refractivity contribution in [3.63, 3.8) is 0 Å². The van der Waals surface area contributed by atoms with Crippen molar-refractivity contribution in [3.8, 4) is 0 Å². The molecule has 2 aromatic carbocycles. The molecule has 5 nitrogen and oxygen atoms in total. The van der Waals surface area contributed by atoms with Gasteiger partial charge in [-0.15, -0.1) is 11.8 Å². The van der Waals surface area contributed by atoms with E-state index >= 15 is 0 Å². The van der Waals surface area contributed by atoms with E-state index in [0.29, 0.717) is 23.5 Å². The molecule has 1 atom stereocenters. The minimum absolute atomic E-state index is 0.104. The number of fused-ring (bicyclic) bond motifs is 2. The number of halogens is 2. The smallest absolute Gasteiger partial charge is 0.319 e. The highest BCUT2D eigenvalue weighted by molar-refractivity contribution is 8.01. The number of benzene rings is 2. The number of nitrogens with zero attached hydrogens (tertiary/aromatic N) is 2. The first-order valence-corrected chi connectivity index (χ1v) is 12.5. The first kappa shape index (κ1) is 22.2. The highest BCUT2D eigenvalue weighted by Gasteiger charge is 2.59. The number of aryl methyl sites for hydroxylation is 1. The van der Waals surface area contributed by atoms with Crippen LogP contribution in [0.5, 0.6) is 0 Å². The summed E-state index contributed by atoms with van der Waals surface area (Å²) in [5, 5.41) is 3.17. The van der Waals surface area contributed by atoms with E-state index in [0.717, 1.165) is 48.9 Å². The summed E-state index contributed by atoms with van der Waals surface area (Å²) in [6, 6.07) is 9.39. The average Bonchev–Trinajstić information content (AvgIpc) is 3.34. The Kier molecular flexibility index (Phi) is 5.80. The van der Waals surface area contributed by atoms with E-state index in [2.05, 4.69) is 5.32 Å². The maximum absolute atomic E-state index is 14.0. The van der Waals surface area contributed by atoms with Gasteiger partial charge in [-0.3, -0.25) is 9.69 Å². The van der Waals surface area contributed by atoms with Crippen molar-refractivity contribution < 1.29 is 18.4 Å². The summed E-state index contributed by atoms with van der Waals surface area (Å²) >= 11 is 1.47. The Morgan fingerprint density at radius 1 is 1.12 bits per heavy atom. The van der Waals surface area contributed by atoms with E-state index in [1.807, 2.05) is 25.1 Å². The fraction of sp³-hybridized carbons (Fsp3) is 0.440. The molecule has 8 heteroatoms. The second-order valence-corrected chi connectivity index (χ2v) is 10.4. The fourth-order valence-electron chi connectivity index (χ4n) is 5.21. The number of anilines is 1. The Balaban J connectivity index is 1.50. The second-order valence-electron chi connectivity index (χ2n) is 9.09. The van der Waals surface area contributed by atoms with Crippen molar-refractivity contribution in [1.29, 1.82) is 0 Å². The maximum Gasteiger partial charge on any atom is 0.319 e. The predicted octanol–water partition coefficient (Wildman–Crippen LogP) is 5.06. The molecule has 2 fully saturated rings. The molecule has 2 heterocycles. The van der Waals surface area contributed by atoms with E-state index in [9.17, 15) is 18.4 Å². The predicted molar refractivity (Wildman–Crippen MR) is 125 cm³/mol. The van der Waals surface area contributed by atoms with E-state index < -0.39 is 16.5 Å². The fourth-order valence-corrected chi connectivity index (χ4v) is 6.66. The van der Waals surface area contributed by atoms with Crippen LogP contribution in [0.4, 0.5) is 19.3 Å². The Labute approximate surface area is 196 Å². The van der Waals surface area contributed by atoms with Crippen LogP contribution in [0.15, 0.2) is 36.4 Å². The number of urea groups is 1. The van der Waals surface area contributed by atoms with Crippen molar-refractivity contribution in [1.82, 2.24) is 10.2 Å². The highest BCUT2D eigenvalue weighted by atomic mass is 32.2. The van der Waals surface area contributed by atoms with Gasteiger partial charge in [0.15, 0.2) is 16.5 Å². The molecule has 0 radical (unpaired) electrons. The third-order valence-electron chi connectivity index (χ3n) is 6.85. The van der Waals surface area contributed by atoms with Gasteiger partial charge >= 0.3 is 6.03 Å². The van der Waals surface area contributed by atoms with E-state index in [-0.39, 0.29) is 24.5 Å². The largest absolute Gasteiger partial charge is 0.335 e. The lowest BCUT2D eigenvalue weighted by Crippen LogP contribution is -2.55. The molecule has 1 N–H and O–H groups in total. The number of carbonyl (C=O) groups is 2. The summed E-state index contributed by atoms with van der Waals surface area (Å²) in [6.07, 6.45) is 5.33. The Bertz CT molecular complexity index is 1110. The molecule has 0 aromatic heterocycles. The molecule has 5 rings (SSSR count). The van der Waals surface area contributed by atoms with Gasteiger partial charge in [-0.25, -0.2) is 13.6 Å². The summed E-state index contributed by atoms with van der Waals surface area (Å²) in [4.78, 5) is 29.5. The molecule has 33 heavy (non-hydrogen) atoms. The average molecular weight is 472 g/mol. The normalized spacial score (nSPS) is 22.8. The number of rotatable bonds is 3. The van der Waals surface area contributed by atoms with E-state index in [1.165, 1.54) is 24.2 Å². The minimum atomic E-state index is -1.14. The minimum Gasteiger partial charge on any atom is -0.335 e. The number of carbonyl (C=O) groups excluding carboxylic acids is 2. The zero-order valence-electron chi connectivity index (χ0n) is 18.6. The van der Waals surface area contributed by atoms with Crippen molar-refractivity contribution >= 4 is 29.4 Å². The molecule has 2 aromatic rings. The molecule has 1 saturated heterocycles. The molecule has 0 bridgehead atoms. The molecule has 3 aliphatic rings. The Morgan fingerprint density at radius 3 is 2.67 bits per heavy atom. The molecule has 174 valence electrons. The molecule has 1 spiro atoms. The van der Waals surface area contributed by atoms with Gasteiger partial charge in [0.1, 0.15) is 0 Å². The van der Waals surface area contributed by atoms with Gasteiger partial charge in [-0.2, -0.15) is 0 Å². The van der Waals surface area contributed by atoms with Gasteiger partial charge in [-0.05, 0) is 43.5 Å². The van der Waals surface area contributed by atoms with Crippen LogP contribution in [-0.2, 0) is 16.2 Å². The molecule has 3 amide bonds. The summed E-state index contributed by atoms with van der Waals surface area (Å²) in [5.41, 5.74) is 2.99. The summed E-state index contributed by atoms with van der Waals surface area (Å²) in [6.45, 7) is 2.54. The van der Waals surface area contributed by atoms with Crippen LogP contribution < -0.4 is 10.2 Å². The topological polar surface area (TPSA) is 52.7 Å². The van der Waals surface area contributed by atoms with Gasteiger partial charge in [0.05, 0.1) is 12.2 Å². The van der Waals surface area contributed by atoms with Crippen molar-refractivity contribution in [2.24, 2.45) is 0 Å². The van der Waals surface area contributed by atoms with Crippen LogP contribution in [-0.4, -0.2) is 35.2 Å². The van der Waals surface area contributed by atoms with Crippen LogP contribution in [0.2, 0.25) is 0 Å². The van der Waals surface area contributed by atoms with Crippen molar-refractivity contribution in [3.05, 3.63) is 64.7 Å². The van der Waals surface area contributed by atoms with Crippen LogP contribution in [0.25, 0.3) is 0 Å². The number of hydrogen-bond donors (Lipinski definition) is 1.